The second-order valence-electron chi connectivity index (χ2n) is 6.34. The number of nitro benzene ring substituents is 1. The Morgan fingerprint density at radius 3 is 2.36 bits per heavy atom. The summed E-state index contributed by atoms with van der Waals surface area (Å²) in [7, 11) is -4.08. The fraction of sp³-hybridized carbons (Fsp3) is 0.294. The largest absolute Gasteiger partial charge is 0.383 e. The van der Waals surface area contributed by atoms with E-state index in [1.807, 2.05) is 18.2 Å². The van der Waals surface area contributed by atoms with Gasteiger partial charge in [0, 0.05) is 24.1 Å². The SMILES string of the molecule is NS(=O)(=O)c1cc([N+](=O)[O-])ccc1NCC1(c2ccccc2)CCC1. The molecular weight excluding hydrogens is 342 g/mol. The smallest absolute Gasteiger partial charge is 0.270 e. The number of nitrogens with two attached hydrogens (primary N) is 1. The van der Waals surface area contributed by atoms with Crippen molar-refractivity contribution in [2.24, 2.45) is 5.14 Å². The average Bonchev–Trinajstić information content (AvgIpc) is 2.54. The molecule has 0 saturated heterocycles. The van der Waals surface area contributed by atoms with Crippen LogP contribution in [-0.4, -0.2) is 19.9 Å². The summed E-state index contributed by atoms with van der Waals surface area (Å²) >= 11 is 0. The quantitative estimate of drug-likeness (QED) is 0.606. The van der Waals surface area contributed by atoms with Gasteiger partial charge in [-0.1, -0.05) is 36.8 Å². The molecule has 1 saturated carbocycles. The van der Waals surface area contributed by atoms with Gasteiger partial charge in [0.2, 0.25) is 10.0 Å². The van der Waals surface area contributed by atoms with Crippen molar-refractivity contribution in [3.05, 3.63) is 64.2 Å². The maximum atomic E-state index is 11.8. The lowest BCUT2D eigenvalue weighted by Crippen LogP contribution is -2.41. The van der Waals surface area contributed by atoms with E-state index in [1.54, 1.807) is 0 Å². The van der Waals surface area contributed by atoms with E-state index in [0.29, 0.717) is 6.54 Å². The molecule has 0 spiro atoms. The van der Waals surface area contributed by atoms with Gasteiger partial charge in [-0.05, 0) is 24.5 Å². The van der Waals surface area contributed by atoms with Crippen molar-refractivity contribution in [2.45, 2.75) is 29.6 Å². The van der Waals surface area contributed by atoms with Gasteiger partial charge in [0.1, 0.15) is 4.90 Å². The molecule has 0 heterocycles. The topological polar surface area (TPSA) is 115 Å². The van der Waals surface area contributed by atoms with E-state index in [2.05, 4.69) is 17.4 Å². The van der Waals surface area contributed by atoms with E-state index in [4.69, 9.17) is 5.14 Å². The Morgan fingerprint density at radius 2 is 1.84 bits per heavy atom. The third kappa shape index (κ3) is 3.49. The second-order valence-corrected chi connectivity index (χ2v) is 7.87. The summed E-state index contributed by atoms with van der Waals surface area (Å²) in [5.74, 6) is 0. The van der Waals surface area contributed by atoms with Gasteiger partial charge in [-0.2, -0.15) is 0 Å². The molecular formula is C17H19N3O4S. The van der Waals surface area contributed by atoms with Crippen LogP contribution in [0.1, 0.15) is 24.8 Å². The number of rotatable bonds is 6. The van der Waals surface area contributed by atoms with Crippen molar-refractivity contribution >= 4 is 21.4 Å². The highest BCUT2D eigenvalue weighted by molar-refractivity contribution is 7.89. The van der Waals surface area contributed by atoms with Crippen molar-refractivity contribution in [1.82, 2.24) is 0 Å². The zero-order valence-electron chi connectivity index (χ0n) is 13.5. The van der Waals surface area contributed by atoms with Crippen LogP contribution in [0.4, 0.5) is 11.4 Å². The van der Waals surface area contributed by atoms with Crippen LogP contribution in [-0.2, 0) is 15.4 Å². The van der Waals surface area contributed by atoms with Crippen molar-refractivity contribution < 1.29 is 13.3 Å². The van der Waals surface area contributed by atoms with Crippen molar-refractivity contribution in [3.63, 3.8) is 0 Å². The minimum Gasteiger partial charge on any atom is -0.383 e. The predicted molar refractivity (Wildman–Crippen MR) is 94.9 cm³/mol. The van der Waals surface area contributed by atoms with Crippen molar-refractivity contribution in [1.29, 1.82) is 0 Å². The molecule has 1 aliphatic rings. The van der Waals surface area contributed by atoms with E-state index < -0.39 is 14.9 Å². The Bertz CT molecular complexity index is 893. The predicted octanol–water partition coefficient (Wildman–Crippen LogP) is 2.78. The molecule has 2 aromatic rings. The zero-order valence-corrected chi connectivity index (χ0v) is 14.3. The summed E-state index contributed by atoms with van der Waals surface area (Å²) in [4.78, 5) is 10.00. The first-order valence-corrected chi connectivity index (χ1v) is 9.47. The summed E-state index contributed by atoms with van der Waals surface area (Å²) in [6.07, 6.45) is 3.11. The van der Waals surface area contributed by atoms with E-state index in [0.717, 1.165) is 25.3 Å². The number of benzene rings is 2. The van der Waals surface area contributed by atoms with Gasteiger partial charge in [-0.3, -0.25) is 10.1 Å². The number of primary sulfonamides is 1. The van der Waals surface area contributed by atoms with Gasteiger partial charge >= 0.3 is 0 Å². The molecule has 25 heavy (non-hydrogen) atoms. The van der Waals surface area contributed by atoms with Crippen LogP contribution in [0.5, 0.6) is 0 Å². The molecule has 7 nitrogen and oxygen atoms in total. The number of hydrogen-bond acceptors (Lipinski definition) is 5. The van der Waals surface area contributed by atoms with Gasteiger partial charge in [-0.25, -0.2) is 13.6 Å². The minimum atomic E-state index is -4.08. The summed E-state index contributed by atoms with van der Waals surface area (Å²) in [5.41, 5.74) is 1.12. The number of anilines is 1. The highest BCUT2D eigenvalue weighted by Crippen LogP contribution is 2.44. The first-order valence-electron chi connectivity index (χ1n) is 7.92. The second kappa shape index (κ2) is 6.45. The number of hydrogen-bond donors (Lipinski definition) is 2. The van der Waals surface area contributed by atoms with Crippen LogP contribution >= 0.6 is 0 Å². The van der Waals surface area contributed by atoms with Gasteiger partial charge in [0.25, 0.3) is 5.69 Å². The number of nitrogens with zero attached hydrogens (tertiary/aromatic N) is 1. The Kier molecular flexibility index (Phi) is 4.49. The summed E-state index contributed by atoms with van der Waals surface area (Å²) < 4.78 is 23.6. The number of sulfonamides is 1. The van der Waals surface area contributed by atoms with E-state index in [9.17, 15) is 18.5 Å². The lowest BCUT2D eigenvalue weighted by molar-refractivity contribution is -0.385. The Balaban J connectivity index is 1.89. The Labute approximate surface area is 146 Å². The van der Waals surface area contributed by atoms with Crippen molar-refractivity contribution in [3.8, 4) is 0 Å². The molecule has 0 aliphatic heterocycles. The first kappa shape index (κ1) is 17.4. The van der Waals surface area contributed by atoms with Crippen LogP contribution in [0.3, 0.4) is 0 Å². The molecule has 0 unspecified atom stereocenters. The molecule has 0 atom stereocenters. The molecule has 2 aromatic carbocycles. The van der Waals surface area contributed by atoms with Gasteiger partial charge in [0.05, 0.1) is 10.6 Å². The fourth-order valence-electron chi connectivity index (χ4n) is 3.23. The molecule has 3 N–H and O–H groups in total. The van der Waals surface area contributed by atoms with Gasteiger partial charge in [0.15, 0.2) is 0 Å². The normalized spacial score (nSPS) is 16.0. The fourth-order valence-corrected chi connectivity index (χ4v) is 3.96. The molecule has 0 amide bonds. The lowest BCUT2D eigenvalue weighted by atomic mass is 9.64. The van der Waals surface area contributed by atoms with E-state index in [1.165, 1.54) is 17.7 Å². The molecule has 8 heteroatoms. The summed E-state index contributed by atoms with van der Waals surface area (Å²) in [5, 5.41) is 19.3. The maximum absolute atomic E-state index is 11.8. The standard InChI is InChI=1S/C17H19N3O4S/c18-25(23,24)16-11-14(20(21)22)7-8-15(16)19-12-17(9-4-10-17)13-5-2-1-3-6-13/h1-3,5-8,11,19H,4,9-10,12H2,(H2,18,23,24). The van der Waals surface area contributed by atoms with Gasteiger partial charge < -0.3 is 5.32 Å². The van der Waals surface area contributed by atoms with Crippen LogP contribution in [0.25, 0.3) is 0 Å². The van der Waals surface area contributed by atoms with Crippen LogP contribution in [0, 0.1) is 10.1 Å². The highest BCUT2D eigenvalue weighted by atomic mass is 32.2. The minimum absolute atomic E-state index is 0.0569. The zero-order chi connectivity index (χ0) is 18.1. The monoisotopic (exact) mass is 361 g/mol. The Hall–Kier alpha value is -2.45. The third-order valence-corrected chi connectivity index (χ3v) is 5.75. The Morgan fingerprint density at radius 1 is 1.16 bits per heavy atom. The average molecular weight is 361 g/mol. The van der Waals surface area contributed by atoms with Gasteiger partial charge in [-0.15, -0.1) is 0 Å². The van der Waals surface area contributed by atoms with Crippen LogP contribution in [0.15, 0.2) is 53.4 Å². The van der Waals surface area contributed by atoms with E-state index >= 15 is 0 Å². The lowest BCUT2D eigenvalue weighted by Gasteiger charge is -2.43. The maximum Gasteiger partial charge on any atom is 0.270 e. The van der Waals surface area contributed by atoms with Crippen LogP contribution < -0.4 is 10.5 Å². The molecule has 132 valence electrons. The third-order valence-electron chi connectivity index (χ3n) is 4.80. The summed E-state index contributed by atoms with van der Waals surface area (Å²) in [6.45, 7) is 0.539. The summed E-state index contributed by atoms with van der Waals surface area (Å²) in [6, 6.07) is 13.7. The van der Waals surface area contributed by atoms with E-state index in [-0.39, 0.29) is 21.7 Å². The molecule has 0 radical (unpaired) electrons. The number of non-ortho nitro benzene ring substituents is 1. The first-order chi connectivity index (χ1) is 11.8. The number of nitrogens with one attached hydrogen (secondary N) is 1. The van der Waals surface area contributed by atoms with Crippen molar-refractivity contribution in [2.75, 3.05) is 11.9 Å². The highest BCUT2D eigenvalue weighted by Gasteiger charge is 2.38. The molecule has 3 rings (SSSR count). The molecule has 1 aliphatic carbocycles. The van der Waals surface area contributed by atoms with Crippen LogP contribution in [0.2, 0.25) is 0 Å². The molecule has 0 bridgehead atoms. The number of nitro groups is 1. The molecule has 0 aromatic heterocycles. The molecule has 1 fully saturated rings.